The van der Waals surface area contributed by atoms with Gasteiger partial charge in [-0.2, -0.15) is 0 Å². The highest BCUT2D eigenvalue weighted by Crippen LogP contribution is 2.40. The second-order valence-electron chi connectivity index (χ2n) is 5.54. The van der Waals surface area contributed by atoms with Gasteiger partial charge in [0.15, 0.2) is 0 Å². The number of aliphatic hydroxyl groups is 1. The summed E-state index contributed by atoms with van der Waals surface area (Å²) >= 11 is 0. The van der Waals surface area contributed by atoms with Crippen molar-refractivity contribution in [2.45, 2.75) is 38.2 Å². The van der Waals surface area contributed by atoms with Crippen LogP contribution in [0.3, 0.4) is 0 Å². The van der Waals surface area contributed by atoms with E-state index >= 15 is 0 Å². The largest absolute Gasteiger partial charge is 0.477 e. The molecular weight excluding hydrogens is 242 g/mol. The van der Waals surface area contributed by atoms with Gasteiger partial charge in [0.1, 0.15) is 0 Å². The van der Waals surface area contributed by atoms with E-state index in [0.29, 0.717) is 24.3 Å². The molecule has 4 nitrogen and oxygen atoms in total. The Labute approximate surface area is 113 Å². The maximum atomic E-state index is 9.31. The van der Waals surface area contributed by atoms with Crippen molar-refractivity contribution in [3.8, 4) is 5.88 Å². The summed E-state index contributed by atoms with van der Waals surface area (Å²) in [6, 6.07) is 3.85. The molecule has 0 amide bonds. The normalized spacial score (nSPS) is 20.5. The first-order valence-electron chi connectivity index (χ1n) is 7.17. The van der Waals surface area contributed by atoms with Gasteiger partial charge < -0.3 is 14.6 Å². The van der Waals surface area contributed by atoms with Crippen LogP contribution in [0.25, 0.3) is 0 Å². The Hall–Kier alpha value is -1.13. The van der Waals surface area contributed by atoms with Crippen molar-refractivity contribution >= 4 is 0 Å². The highest BCUT2D eigenvalue weighted by molar-refractivity contribution is 5.28. The summed E-state index contributed by atoms with van der Waals surface area (Å²) in [5.41, 5.74) is 1.98. The number of ether oxygens (including phenoxy) is 2. The van der Waals surface area contributed by atoms with Gasteiger partial charge in [0.2, 0.25) is 5.88 Å². The summed E-state index contributed by atoms with van der Waals surface area (Å²) in [6.07, 6.45) is 4.55. The first-order chi connectivity index (χ1) is 9.35. The number of hydrogen-bond acceptors (Lipinski definition) is 4. The van der Waals surface area contributed by atoms with Crippen LogP contribution in [0.4, 0.5) is 0 Å². The molecule has 1 saturated heterocycles. The lowest BCUT2D eigenvalue weighted by molar-refractivity contribution is 0.0490. The maximum Gasteiger partial charge on any atom is 0.213 e. The number of aromatic nitrogens is 1. The van der Waals surface area contributed by atoms with Gasteiger partial charge in [-0.05, 0) is 43.2 Å². The van der Waals surface area contributed by atoms with E-state index in [1.165, 1.54) is 12.8 Å². The molecule has 1 aliphatic heterocycles. The molecule has 1 aromatic heterocycles. The number of rotatable bonds is 5. The third kappa shape index (κ3) is 3.45. The number of aliphatic hydroxyl groups excluding tert-OH is 1. The molecule has 2 aliphatic rings. The molecule has 4 heteroatoms. The minimum atomic E-state index is 0.0515. The summed E-state index contributed by atoms with van der Waals surface area (Å²) in [5, 5.41) is 9.31. The summed E-state index contributed by atoms with van der Waals surface area (Å²) in [4.78, 5) is 4.56. The Morgan fingerprint density at radius 3 is 2.68 bits per heavy atom. The molecule has 1 N–H and O–H groups in total. The van der Waals surface area contributed by atoms with Crippen molar-refractivity contribution in [2.75, 3.05) is 19.8 Å². The van der Waals surface area contributed by atoms with Gasteiger partial charge in [0, 0.05) is 30.9 Å². The number of hydrogen-bond donors (Lipinski definition) is 1. The Kier molecular flexibility index (Phi) is 3.99. The quantitative estimate of drug-likeness (QED) is 0.885. The topological polar surface area (TPSA) is 51.6 Å². The fourth-order valence-electron chi connectivity index (χ4n) is 2.45. The highest BCUT2D eigenvalue weighted by atomic mass is 16.5. The molecule has 0 atom stereocenters. The van der Waals surface area contributed by atoms with Crippen molar-refractivity contribution in [1.29, 1.82) is 0 Å². The zero-order valence-corrected chi connectivity index (χ0v) is 11.2. The van der Waals surface area contributed by atoms with Crippen molar-refractivity contribution in [2.24, 2.45) is 5.92 Å². The Morgan fingerprint density at radius 2 is 2.00 bits per heavy atom. The molecule has 2 fully saturated rings. The third-order valence-corrected chi connectivity index (χ3v) is 3.87. The van der Waals surface area contributed by atoms with Crippen LogP contribution in [0.2, 0.25) is 0 Å². The second-order valence-corrected chi connectivity index (χ2v) is 5.54. The predicted octanol–water partition coefficient (Wildman–Crippen LogP) is 2.26. The fraction of sp³-hybridized carbons (Fsp3) is 0.667. The SMILES string of the molecule is OCc1cc(OCC2CCOCC2)nc(C2CC2)c1. The Morgan fingerprint density at radius 1 is 1.21 bits per heavy atom. The lowest BCUT2D eigenvalue weighted by atomic mass is 10.0. The van der Waals surface area contributed by atoms with E-state index in [1.807, 2.05) is 12.1 Å². The molecule has 0 unspecified atom stereocenters. The fourth-order valence-corrected chi connectivity index (χ4v) is 2.45. The van der Waals surface area contributed by atoms with Crippen LogP contribution >= 0.6 is 0 Å². The summed E-state index contributed by atoms with van der Waals surface area (Å²) in [7, 11) is 0. The van der Waals surface area contributed by atoms with E-state index in [0.717, 1.165) is 37.3 Å². The molecule has 1 saturated carbocycles. The summed E-state index contributed by atoms with van der Waals surface area (Å²) in [5.74, 6) is 1.81. The standard InChI is InChI=1S/C15H21NO3/c17-9-12-7-14(13-1-2-13)16-15(8-12)19-10-11-3-5-18-6-4-11/h7-8,11,13,17H,1-6,9-10H2. The first-order valence-corrected chi connectivity index (χ1v) is 7.17. The summed E-state index contributed by atoms with van der Waals surface area (Å²) < 4.78 is 11.2. The van der Waals surface area contributed by atoms with Gasteiger partial charge in [-0.15, -0.1) is 0 Å². The molecule has 0 aromatic carbocycles. The minimum Gasteiger partial charge on any atom is -0.477 e. The first kappa shape index (κ1) is 12.9. The van der Waals surface area contributed by atoms with Gasteiger partial charge in [0.25, 0.3) is 0 Å². The highest BCUT2D eigenvalue weighted by Gasteiger charge is 2.26. The van der Waals surface area contributed by atoms with Crippen LogP contribution in [0.5, 0.6) is 5.88 Å². The maximum absolute atomic E-state index is 9.31. The van der Waals surface area contributed by atoms with E-state index in [9.17, 15) is 5.11 Å². The Balaban J connectivity index is 1.63. The summed E-state index contributed by atoms with van der Waals surface area (Å²) in [6.45, 7) is 2.43. The van der Waals surface area contributed by atoms with E-state index in [1.54, 1.807) is 0 Å². The van der Waals surface area contributed by atoms with Gasteiger partial charge in [-0.1, -0.05) is 0 Å². The molecule has 0 bridgehead atoms. The average Bonchev–Trinajstić information content (AvgIpc) is 3.30. The zero-order valence-electron chi connectivity index (χ0n) is 11.2. The van der Waals surface area contributed by atoms with Crippen LogP contribution < -0.4 is 4.74 Å². The average molecular weight is 263 g/mol. The van der Waals surface area contributed by atoms with E-state index in [2.05, 4.69) is 4.98 Å². The molecule has 2 heterocycles. The molecular formula is C15H21NO3. The smallest absolute Gasteiger partial charge is 0.213 e. The minimum absolute atomic E-state index is 0.0515. The van der Waals surface area contributed by atoms with Crippen LogP contribution in [0.15, 0.2) is 12.1 Å². The van der Waals surface area contributed by atoms with E-state index < -0.39 is 0 Å². The number of nitrogens with zero attached hydrogens (tertiary/aromatic N) is 1. The van der Waals surface area contributed by atoms with Crippen molar-refractivity contribution < 1.29 is 14.6 Å². The van der Waals surface area contributed by atoms with Gasteiger partial charge in [0.05, 0.1) is 13.2 Å². The van der Waals surface area contributed by atoms with Crippen LogP contribution in [0, 0.1) is 5.92 Å². The van der Waals surface area contributed by atoms with Crippen LogP contribution in [-0.2, 0) is 11.3 Å². The van der Waals surface area contributed by atoms with Crippen molar-refractivity contribution in [1.82, 2.24) is 4.98 Å². The molecule has 1 aromatic rings. The van der Waals surface area contributed by atoms with Crippen molar-refractivity contribution in [3.63, 3.8) is 0 Å². The van der Waals surface area contributed by atoms with E-state index in [4.69, 9.17) is 9.47 Å². The van der Waals surface area contributed by atoms with Gasteiger partial charge in [-0.25, -0.2) is 4.98 Å². The Bertz CT molecular complexity index is 425. The van der Waals surface area contributed by atoms with Gasteiger partial charge in [-0.3, -0.25) is 0 Å². The lowest BCUT2D eigenvalue weighted by Gasteiger charge is -2.22. The van der Waals surface area contributed by atoms with E-state index in [-0.39, 0.29) is 6.61 Å². The molecule has 104 valence electrons. The van der Waals surface area contributed by atoms with Crippen LogP contribution in [-0.4, -0.2) is 29.9 Å². The van der Waals surface area contributed by atoms with Crippen molar-refractivity contribution in [3.05, 3.63) is 23.4 Å². The molecule has 0 spiro atoms. The molecule has 0 radical (unpaired) electrons. The third-order valence-electron chi connectivity index (χ3n) is 3.87. The zero-order chi connectivity index (χ0) is 13.1. The van der Waals surface area contributed by atoms with Crippen LogP contribution in [0.1, 0.15) is 42.9 Å². The molecule has 19 heavy (non-hydrogen) atoms. The lowest BCUT2D eigenvalue weighted by Crippen LogP contribution is -2.21. The predicted molar refractivity (Wildman–Crippen MR) is 71.2 cm³/mol. The molecule has 3 rings (SSSR count). The van der Waals surface area contributed by atoms with Gasteiger partial charge >= 0.3 is 0 Å². The number of pyridine rings is 1. The monoisotopic (exact) mass is 263 g/mol. The molecule has 1 aliphatic carbocycles. The second kappa shape index (κ2) is 5.88.